The van der Waals surface area contributed by atoms with Gasteiger partial charge in [-0.25, -0.2) is 0 Å². The summed E-state index contributed by atoms with van der Waals surface area (Å²) in [5.74, 6) is 0. The van der Waals surface area contributed by atoms with Gasteiger partial charge >= 0.3 is 0 Å². The first-order chi connectivity index (χ1) is 11.9. The minimum Gasteiger partial charge on any atom is -0.266 e. The van der Waals surface area contributed by atoms with E-state index in [2.05, 4.69) is 0 Å². The predicted molar refractivity (Wildman–Crippen MR) is 101 cm³/mol. The Hall–Kier alpha value is -2.17. The van der Waals surface area contributed by atoms with Gasteiger partial charge in [0.2, 0.25) is 0 Å². The summed E-state index contributed by atoms with van der Waals surface area (Å²) in [5.41, 5.74) is 0.879. The van der Waals surface area contributed by atoms with Crippen LogP contribution in [0.4, 0.5) is 0 Å². The molecule has 130 valence electrons. The molecule has 25 heavy (non-hydrogen) atoms. The molecule has 0 aliphatic rings. The topological polar surface area (TPSA) is 43.4 Å². The SMILES string of the molecule is CC(C)(COS(=O)(=O)c1ccc2ccccc2c1)Cc1ccccc1. The average Bonchev–Trinajstić information content (AvgIpc) is 2.60. The van der Waals surface area contributed by atoms with Crippen molar-refractivity contribution in [1.82, 2.24) is 0 Å². The molecule has 0 aliphatic carbocycles. The molecular weight excluding hydrogens is 332 g/mol. The van der Waals surface area contributed by atoms with Crippen LogP contribution in [0.3, 0.4) is 0 Å². The van der Waals surface area contributed by atoms with E-state index in [-0.39, 0.29) is 16.9 Å². The molecule has 0 amide bonds. The normalized spacial score (nSPS) is 12.4. The van der Waals surface area contributed by atoms with Gasteiger partial charge in [0.05, 0.1) is 11.5 Å². The Morgan fingerprint density at radius 3 is 2.20 bits per heavy atom. The first-order valence-corrected chi connectivity index (χ1v) is 9.69. The second-order valence-corrected chi connectivity index (χ2v) is 8.67. The Labute approximate surface area is 149 Å². The van der Waals surface area contributed by atoms with E-state index < -0.39 is 10.1 Å². The van der Waals surface area contributed by atoms with Crippen molar-refractivity contribution in [3.05, 3.63) is 78.4 Å². The second kappa shape index (κ2) is 6.98. The van der Waals surface area contributed by atoms with Gasteiger partial charge in [0.15, 0.2) is 0 Å². The Morgan fingerprint density at radius 2 is 1.48 bits per heavy atom. The Balaban J connectivity index is 1.74. The van der Waals surface area contributed by atoms with E-state index in [9.17, 15) is 8.42 Å². The van der Waals surface area contributed by atoms with Crippen molar-refractivity contribution in [2.75, 3.05) is 6.61 Å². The van der Waals surface area contributed by atoms with E-state index in [0.717, 1.165) is 17.2 Å². The van der Waals surface area contributed by atoms with Gasteiger partial charge in [-0.2, -0.15) is 8.42 Å². The van der Waals surface area contributed by atoms with Gasteiger partial charge in [0.1, 0.15) is 0 Å². The molecule has 3 nitrogen and oxygen atoms in total. The van der Waals surface area contributed by atoms with Crippen molar-refractivity contribution in [3.8, 4) is 0 Å². The third-order valence-electron chi connectivity index (χ3n) is 4.14. The van der Waals surface area contributed by atoms with Gasteiger partial charge in [-0.1, -0.05) is 74.5 Å². The second-order valence-electron chi connectivity index (χ2n) is 7.05. The molecule has 0 unspecified atom stereocenters. The highest BCUT2D eigenvalue weighted by Crippen LogP contribution is 2.26. The van der Waals surface area contributed by atoms with E-state index in [1.807, 2.05) is 68.4 Å². The van der Waals surface area contributed by atoms with Crippen LogP contribution >= 0.6 is 0 Å². The largest absolute Gasteiger partial charge is 0.297 e. The number of fused-ring (bicyclic) bond motifs is 1. The summed E-state index contributed by atoms with van der Waals surface area (Å²) < 4.78 is 30.5. The maximum Gasteiger partial charge on any atom is 0.297 e. The van der Waals surface area contributed by atoms with Gasteiger partial charge < -0.3 is 0 Å². The van der Waals surface area contributed by atoms with Crippen molar-refractivity contribution < 1.29 is 12.6 Å². The van der Waals surface area contributed by atoms with Crippen LogP contribution in [0.2, 0.25) is 0 Å². The summed E-state index contributed by atoms with van der Waals surface area (Å²) in [7, 11) is -3.78. The summed E-state index contributed by atoms with van der Waals surface area (Å²) in [4.78, 5) is 0.196. The summed E-state index contributed by atoms with van der Waals surface area (Å²) in [5, 5.41) is 1.89. The number of hydrogen-bond donors (Lipinski definition) is 0. The van der Waals surface area contributed by atoms with Gasteiger partial charge in [-0.05, 0) is 40.3 Å². The van der Waals surface area contributed by atoms with Crippen LogP contribution in [-0.4, -0.2) is 15.0 Å². The van der Waals surface area contributed by atoms with E-state index in [0.29, 0.717) is 0 Å². The first-order valence-electron chi connectivity index (χ1n) is 8.28. The van der Waals surface area contributed by atoms with Gasteiger partial charge in [-0.3, -0.25) is 4.18 Å². The maximum absolute atomic E-state index is 12.6. The molecule has 0 fully saturated rings. The molecule has 4 heteroatoms. The molecule has 0 spiro atoms. The molecule has 0 saturated carbocycles. The molecule has 0 aliphatic heterocycles. The standard InChI is InChI=1S/C21H22O3S/c1-21(2,15-17-8-4-3-5-9-17)16-24-25(22,23)20-13-12-18-10-6-7-11-19(18)14-20/h3-14H,15-16H2,1-2H3. The fourth-order valence-electron chi connectivity index (χ4n) is 2.83. The van der Waals surface area contributed by atoms with Crippen LogP contribution in [0.5, 0.6) is 0 Å². The zero-order valence-electron chi connectivity index (χ0n) is 14.5. The molecule has 0 N–H and O–H groups in total. The number of benzene rings is 3. The van der Waals surface area contributed by atoms with Crippen LogP contribution in [0.15, 0.2) is 77.7 Å². The summed E-state index contributed by atoms with van der Waals surface area (Å²) in [6, 6.07) is 22.8. The lowest BCUT2D eigenvalue weighted by atomic mass is 9.87. The molecule has 0 radical (unpaired) electrons. The van der Waals surface area contributed by atoms with Crippen molar-refractivity contribution in [3.63, 3.8) is 0 Å². The monoisotopic (exact) mass is 354 g/mol. The highest BCUT2D eigenvalue weighted by Gasteiger charge is 2.24. The van der Waals surface area contributed by atoms with Crippen LogP contribution in [0.25, 0.3) is 10.8 Å². The molecule has 3 aromatic carbocycles. The quantitative estimate of drug-likeness (QED) is 0.596. The minimum atomic E-state index is -3.78. The van der Waals surface area contributed by atoms with Crippen molar-refractivity contribution in [1.29, 1.82) is 0 Å². The zero-order chi connectivity index (χ0) is 17.9. The maximum atomic E-state index is 12.6. The molecule has 0 aromatic heterocycles. The van der Waals surface area contributed by atoms with Crippen molar-refractivity contribution >= 4 is 20.9 Å². The lowest BCUT2D eigenvalue weighted by Gasteiger charge is -2.24. The van der Waals surface area contributed by atoms with Gasteiger partial charge in [0.25, 0.3) is 10.1 Å². The Bertz CT molecular complexity index is 961. The third-order valence-corrected chi connectivity index (χ3v) is 5.40. The molecule has 0 atom stereocenters. The van der Waals surface area contributed by atoms with E-state index >= 15 is 0 Å². The number of rotatable bonds is 6. The zero-order valence-corrected chi connectivity index (χ0v) is 15.3. The predicted octanol–water partition coefficient (Wildman–Crippen LogP) is 4.81. The molecule has 0 bridgehead atoms. The summed E-state index contributed by atoms with van der Waals surface area (Å²) >= 11 is 0. The molecule has 0 heterocycles. The van der Waals surface area contributed by atoms with Crippen LogP contribution in [0, 0.1) is 5.41 Å². The first kappa shape index (κ1) is 17.6. The molecule has 0 saturated heterocycles. The Kier molecular flexibility index (Phi) is 4.93. The molecule has 3 rings (SSSR count). The third kappa shape index (κ3) is 4.47. The molecular formula is C21H22O3S. The lowest BCUT2D eigenvalue weighted by molar-refractivity contribution is 0.185. The van der Waals surface area contributed by atoms with Crippen molar-refractivity contribution in [2.24, 2.45) is 5.41 Å². The van der Waals surface area contributed by atoms with E-state index in [1.54, 1.807) is 18.2 Å². The summed E-state index contributed by atoms with van der Waals surface area (Å²) in [6.45, 7) is 4.16. The van der Waals surface area contributed by atoms with Crippen LogP contribution < -0.4 is 0 Å². The molecule has 3 aromatic rings. The average molecular weight is 354 g/mol. The minimum absolute atomic E-state index is 0.136. The van der Waals surface area contributed by atoms with Crippen LogP contribution in [0.1, 0.15) is 19.4 Å². The summed E-state index contributed by atoms with van der Waals surface area (Å²) in [6.07, 6.45) is 0.751. The lowest BCUT2D eigenvalue weighted by Crippen LogP contribution is -2.24. The highest BCUT2D eigenvalue weighted by atomic mass is 32.2. The fourth-order valence-corrected chi connectivity index (χ4v) is 3.94. The smallest absolute Gasteiger partial charge is 0.266 e. The van der Waals surface area contributed by atoms with Crippen LogP contribution in [-0.2, 0) is 20.7 Å². The fraction of sp³-hybridized carbons (Fsp3) is 0.238. The van der Waals surface area contributed by atoms with Gasteiger partial charge in [-0.15, -0.1) is 0 Å². The highest BCUT2D eigenvalue weighted by molar-refractivity contribution is 7.86. The van der Waals surface area contributed by atoms with E-state index in [4.69, 9.17) is 4.18 Å². The van der Waals surface area contributed by atoms with Crippen molar-refractivity contribution in [2.45, 2.75) is 25.2 Å². The van der Waals surface area contributed by atoms with E-state index in [1.165, 1.54) is 5.56 Å². The van der Waals surface area contributed by atoms with Gasteiger partial charge in [0, 0.05) is 0 Å². The number of hydrogen-bond acceptors (Lipinski definition) is 3. The Morgan fingerprint density at radius 1 is 0.840 bits per heavy atom.